The summed E-state index contributed by atoms with van der Waals surface area (Å²) >= 11 is 0. The van der Waals surface area contributed by atoms with Crippen LogP contribution in [0.5, 0.6) is 5.88 Å². The van der Waals surface area contributed by atoms with Crippen LogP contribution in [0, 0.1) is 11.2 Å². The van der Waals surface area contributed by atoms with Crippen molar-refractivity contribution >= 4 is 0 Å². The summed E-state index contributed by atoms with van der Waals surface area (Å²) in [5.41, 5.74) is -1.96. The number of aromatic hydroxyl groups is 1. The van der Waals surface area contributed by atoms with Crippen molar-refractivity contribution in [1.82, 2.24) is 9.55 Å². The van der Waals surface area contributed by atoms with Crippen molar-refractivity contribution < 1.29 is 9.50 Å². The molecule has 0 aromatic carbocycles. The Hall–Kier alpha value is -1.59. The van der Waals surface area contributed by atoms with Gasteiger partial charge in [-0.2, -0.15) is 4.39 Å². The van der Waals surface area contributed by atoms with E-state index in [-0.39, 0.29) is 12.0 Å². The Bertz CT molecular complexity index is 528. The highest BCUT2D eigenvalue weighted by molar-refractivity contribution is 5.11. The van der Waals surface area contributed by atoms with E-state index in [1.807, 2.05) is 11.9 Å². The van der Waals surface area contributed by atoms with E-state index in [0.29, 0.717) is 0 Å². The zero-order valence-corrected chi connectivity index (χ0v) is 8.92. The van der Waals surface area contributed by atoms with Crippen LogP contribution < -0.4 is 11.2 Å². The highest BCUT2D eigenvalue weighted by atomic mass is 19.1. The fraction of sp³-hybridized carbons (Fsp3) is 0.600. The SMILES string of the molecule is CCC1(Cn2c(O)c(F)c(=O)[nH]c2=O)CC1. The predicted molar refractivity (Wildman–Crippen MR) is 54.9 cm³/mol. The topological polar surface area (TPSA) is 75.1 Å². The highest BCUT2D eigenvalue weighted by Crippen LogP contribution is 2.50. The second kappa shape index (κ2) is 3.47. The van der Waals surface area contributed by atoms with Gasteiger partial charge in [-0.1, -0.05) is 6.92 Å². The second-order valence-electron chi connectivity index (χ2n) is 4.34. The lowest BCUT2D eigenvalue weighted by Gasteiger charge is -2.15. The molecule has 0 amide bonds. The summed E-state index contributed by atoms with van der Waals surface area (Å²) in [5.74, 6) is -2.17. The molecule has 0 saturated heterocycles. The Morgan fingerprint density at radius 3 is 2.62 bits per heavy atom. The van der Waals surface area contributed by atoms with Gasteiger partial charge in [-0.15, -0.1) is 0 Å². The quantitative estimate of drug-likeness (QED) is 0.794. The van der Waals surface area contributed by atoms with Crippen molar-refractivity contribution in [2.75, 3.05) is 0 Å². The molecule has 1 saturated carbocycles. The monoisotopic (exact) mass is 228 g/mol. The van der Waals surface area contributed by atoms with Gasteiger partial charge in [0, 0.05) is 6.54 Å². The standard InChI is InChI=1S/C10H13FN2O3/c1-2-10(3-4-10)5-13-8(15)6(11)7(14)12-9(13)16/h15H,2-5H2,1H3,(H,12,14,16). The minimum atomic E-state index is -1.30. The first-order chi connectivity index (χ1) is 7.49. The molecule has 0 bridgehead atoms. The Labute approximate surface area is 90.5 Å². The zero-order chi connectivity index (χ0) is 11.9. The van der Waals surface area contributed by atoms with Crippen LogP contribution >= 0.6 is 0 Å². The van der Waals surface area contributed by atoms with Gasteiger partial charge in [-0.3, -0.25) is 14.3 Å². The number of nitrogens with zero attached hydrogens (tertiary/aromatic N) is 1. The molecule has 2 rings (SSSR count). The van der Waals surface area contributed by atoms with E-state index in [1.54, 1.807) is 0 Å². The van der Waals surface area contributed by atoms with Gasteiger partial charge in [0.05, 0.1) is 0 Å². The minimum Gasteiger partial charge on any atom is -0.492 e. The molecule has 6 heteroatoms. The third-order valence-corrected chi connectivity index (χ3v) is 3.32. The first kappa shape index (κ1) is 10.9. The molecule has 0 unspecified atom stereocenters. The van der Waals surface area contributed by atoms with Gasteiger partial charge in [0.2, 0.25) is 11.7 Å². The molecular formula is C10H13FN2O3. The molecule has 0 spiro atoms. The lowest BCUT2D eigenvalue weighted by Crippen LogP contribution is -2.33. The van der Waals surface area contributed by atoms with Crippen molar-refractivity contribution in [1.29, 1.82) is 0 Å². The summed E-state index contributed by atoms with van der Waals surface area (Å²) in [6, 6.07) is 0. The molecule has 16 heavy (non-hydrogen) atoms. The number of aromatic nitrogens is 2. The maximum Gasteiger partial charge on any atom is 0.331 e. The van der Waals surface area contributed by atoms with Crippen LogP contribution in [0.25, 0.3) is 0 Å². The van der Waals surface area contributed by atoms with Crippen LogP contribution in [0.1, 0.15) is 26.2 Å². The zero-order valence-electron chi connectivity index (χ0n) is 8.92. The van der Waals surface area contributed by atoms with Crippen LogP contribution in [0.15, 0.2) is 9.59 Å². The third kappa shape index (κ3) is 1.64. The smallest absolute Gasteiger partial charge is 0.331 e. The lowest BCUT2D eigenvalue weighted by molar-refractivity contribution is 0.317. The van der Waals surface area contributed by atoms with Crippen molar-refractivity contribution in [3.63, 3.8) is 0 Å². The number of nitrogens with one attached hydrogen (secondary N) is 1. The van der Waals surface area contributed by atoms with Crippen molar-refractivity contribution in [3.05, 3.63) is 26.7 Å². The summed E-state index contributed by atoms with van der Waals surface area (Å²) in [5, 5.41) is 9.41. The van der Waals surface area contributed by atoms with E-state index in [9.17, 15) is 19.1 Å². The van der Waals surface area contributed by atoms with Gasteiger partial charge in [-0.25, -0.2) is 4.79 Å². The van der Waals surface area contributed by atoms with E-state index in [1.165, 1.54) is 0 Å². The second-order valence-corrected chi connectivity index (χ2v) is 4.34. The molecule has 88 valence electrons. The predicted octanol–water partition coefficient (Wildman–Crippen LogP) is 0.572. The average Bonchev–Trinajstić information content (AvgIpc) is 3.02. The maximum atomic E-state index is 13.1. The molecular weight excluding hydrogens is 215 g/mol. The minimum absolute atomic E-state index is 0.0218. The van der Waals surface area contributed by atoms with E-state index in [2.05, 4.69) is 0 Å². The molecule has 1 heterocycles. The van der Waals surface area contributed by atoms with Gasteiger partial charge in [0.15, 0.2) is 0 Å². The molecule has 0 aliphatic heterocycles. The van der Waals surface area contributed by atoms with Crippen LogP contribution in [-0.4, -0.2) is 14.7 Å². The van der Waals surface area contributed by atoms with E-state index < -0.39 is 22.9 Å². The van der Waals surface area contributed by atoms with E-state index in [4.69, 9.17) is 0 Å². The Morgan fingerprint density at radius 2 is 2.12 bits per heavy atom. The van der Waals surface area contributed by atoms with Crippen LogP contribution in [0.3, 0.4) is 0 Å². The summed E-state index contributed by atoms with van der Waals surface area (Å²) in [7, 11) is 0. The maximum absolute atomic E-state index is 13.1. The summed E-state index contributed by atoms with van der Waals surface area (Å²) in [6.07, 6.45) is 2.77. The van der Waals surface area contributed by atoms with Gasteiger partial charge >= 0.3 is 5.69 Å². The fourth-order valence-corrected chi connectivity index (χ4v) is 1.82. The van der Waals surface area contributed by atoms with Gasteiger partial charge in [-0.05, 0) is 24.7 Å². The number of aromatic amines is 1. The van der Waals surface area contributed by atoms with E-state index in [0.717, 1.165) is 23.8 Å². The number of hydrogen-bond donors (Lipinski definition) is 2. The summed E-state index contributed by atoms with van der Waals surface area (Å²) in [4.78, 5) is 24.1. The Kier molecular flexibility index (Phi) is 2.36. The molecule has 1 aromatic rings. The summed E-state index contributed by atoms with van der Waals surface area (Å²) in [6.45, 7) is 2.24. The van der Waals surface area contributed by atoms with Crippen molar-refractivity contribution in [2.45, 2.75) is 32.7 Å². The highest BCUT2D eigenvalue weighted by Gasteiger charge is 2.41. The Balaban J connectivity index is 2.45. The van der Waals surface area contributed by atoms with Crippen LogP contribution in [-0.2, 0) is 6.54 Å². The van der Waals surface area contributed by atoms with Crippen molar-refractivity contribution in [2.24, 2.45) is 5.41 Å². The number of halogens is 1. The number of H-pyrrole nitrogens is 1. The van der Waals surface area contributed by atoms with Gasteiger partial charge in [0.1, 0.15) is 0 Å². The van der Waals surface area contributed by atoms with Crippen molar-refractivity contribution in [3.8, 4) is 5.88 Å². The largest absolute Gasteiger partial charge is 0.492 e. The fourth-order valence-electron chi connectivity index (χ4n) is 1.82. The van der Waals surface area contributed by atoms with Gasteiger partial charge in [0.25, 0.3) is 5.56 Å². The molecule has 1 aliphatic carbocycles. The molecule has 5 nitrogen and oxygen atoms in total. The lowest BCUT2D eigenvalue weighted by atomic mass is 10.0. The molecule has 0 atom stereocenters. The molecule has 1 aromatic heterocycles. The average molecular weight is 228 g/mol. The van der Waals surface area contributed by atoms with E-state index >= 15 is 0 Å². The molecule has 1 aliphatic rings. The first-order valence-electron chi connectivity index (χ1n) is 5.21. The van der Waals surface area contributed by atoms with Gasteiger partial charge < -0.3 is 5.11 Å². The van der Waals surface area contributed by atoms with Crippen LogP contribution in [0.4, 0.5) is 4.39 Å². The molecule has 2 N–H and O–H groups in total. The molecule has 0 radical (unpaired) electrons. The number of hydrogen-bond acceptors (Lipinski definition) is 3. The van der Waals surface area contributed by atoms with Crippen LogP contribution in [0.2, 0.25) is 0 Å². The number of rotatable bonds is 3. The molecule has 1 fully saturated rings. The summed E-state index contributed by atoms with van der Waals surface area (Å²) < 4.78 is 14.0. The first-order valence-corrected chi connectivity index (χ1v) is 5.21. The Morgan fingerprint density at radius 1 is 1.50 bits per heavy atom. The normalized spacial score (nSPS) is 17.4. The third-order valence-electron chi connectivity index (χ3n) is 3.32.